The summed E-state index contributed by atoms with van der Waals surface area (Å²) >= 11 is 0. The van der Waals surface area contributed by atoms with E-state index in [1.54, 1.807) is 0 Å². The van der Waals surface area contributed by atoms with E-state index in [9.17, 15) is 4.79 Å². The van der Waals surface area contributed by atoms with Gasteiger partial charge in [-0.15, -0.1) is 0 Å². The number of nitrogens with one attached hydrogen (secondary N) is 3. The van der Waals surface area contributed by atoms with Crippen LogP contribution in [0.5, 0.6) is 0 Å². The quantitative estimate of drug-likeness (QED) is 0.653. The highest BCUT2D eigenvalue weighted by atomic mass is 16.1. The molecule has 1 amide bonds. The third-order valence-electron chi connectivity index (χ3n) is 2.89. The van der Waals surface area contributed by atoms with Crippen molar-refractivity contribution in [2.45, 2.75) is 13.8 Å². The Kier molecular flexibility index (Phi) is 2.73. The average Bonchev–Trinajstić information content (AvgIpc) is 2.45. The smallest absolute Gasteiger partial charge is 0.272 e. The molecule has 0 saturated carbocycles. The van der Waals surface area contributed by atoms with Gasteiger partial charge in [-0.3, -0.25) is 9.89 Å². The van der Waals surface area contributed by atoms with E-state index in [-0.39, 0.29) is 5.91 Å². The van der Waals surface area contributed by atoms with Gasteiger partial charge in [0.1, 0.15) is 0 Å². The lowest BCUT2D eigenvalue weighted by molar-refractivity contribution is 0.0936. The van der Waals surface area contributed by atoms with Crippen LogP contribution in [0.4, 0.5) is 0 Å². The Morgan fingerprint density at radius 2 is 2.27 bits per heavy atom. The second-order valence-corrected chi connectivity index (χ2v) is 4.06. The van der Waals surface area contributed by atoms with E-state index < -0.39 is 0 Å². The Morgan fingerprint density at radius 3 is 2.73 bits per heavy atom. The second kappa shape index (κ2) is 4.02. The maximum absolute atomic E-state index is 11.7. The van der Waals surface area contributed by atoms with Crippen LogP contribution in [0, 0.1) is 19.8 Å². The third-order valence-corrected chi connectivity index (χ3v) is 2.89. The van der Waals surface area contributed by atoms with Crippen LogP contribution in [0.1, 0.15) is 21.7 Å². The number of aryl methyl sites for hydroxylation is 1. The fourth-order valence-electron chi connectivity index (χ4n) is 1.52. The largest absolute Gasteiger partial charge is 0.350 e. The molecule has 0 bridgehead atoms. The molecule has 15 heavy (non-hydrogen) atoms. The molecule has 1 saturated heterocycles. The molecule has 2 rings (SSSR count). The maximum atomic E-state index is 11.7. The Bertz CT molecular complexity index is 367. The van der Waals surface area contributed by atoms with E-state index in [1.807, 2.05) is 13.8 Å². The van der Waals surface area contributed by atoms with Crippen molar-refractivity contribution in [3.05, 3.63) is 17.0 Å². The van der Waals surface area contributed by atoms with Crippen molar-refractivity contribution >= 4 is 5.91 Å². The van der Waals surface area contributed by atoms with Crippen LogP contribution in [0.3, 0.4) is 0 Å². The molecule has 82 valence electrons. The minimum atomic E-state index is -0.0799. The number of H-pyrrole nitrogens is 1. The van der Waals surface area contributed by atoms with Crippen LogP contribution in [-0.2, 0) is 0 Å². The maximum Gasteiger partial charge on any atom is 0.272 e. The van der Waals surface area contributed by atoms with Gasteiger partial charge in [0.05, 0.1) is 0 Å². The topological polar surface area (TPSA) is 69.8 Å². The highest BCUT2D eigenvalue weighted by Crippen LogP contribution is 2.08. The number of hydrogen-bond acceptors (Lipinski definition) is 3. The summed E-state index contributed by atoms with van der Waals surface area (Å²) in [4.78, 5) is 11.7. The molecule has 5 nitrogen and oxygen atoms in total. The fourth-order valence-corrected chi connectivity index (χ4v) is 1.52. The lowest BCUT2D eigenvalue weighted by Gasteiger charge is -2.26. The van der Waals surface area contributed by atoms with Gasteiger partial charge in [-0.25, -0.2) is 0 Å². The molecule has 0 aromatic carbocycles. The summed E-state index contributed by atoms with van der Waals surface area (Å²) in [6.45, 7) is 6.54. The van der Waals surface area contributed by atoms with Gasteiger partial charge < -0.3 is 10.6 Å². The highest BCUT2D eigenvalue weighted by Gasteiger charge is 2.19. The van der Waals surface area contributed by atoms with Crippen LogP contribution in [-0.4, -0.2) is 35.7 Å². The lowest BCUT2D eigenvalue weighted by Crippen LogP contribution is -2.48. The number of hydrogen-bond donors (Lipinski definition) is 3. The van der Waals surface area contributed by atoms with Gasteiger partial charge in [0, 0.05) is 36.8 Å². The molecule has 0 atom stereocenters. The van der Waals surface area contributed by atoms with Gasteiger partial charge in [-0.2, -0.15) is 5.10 Å². The first-order chi connectivity index (χ1) is 7.18. The predicted octanol–water partition coefficient (Wildman–Crippen LogP) is -0.0243. The first-order valence-electron chi connectivity index (χ1n) is 5.19. The van der Waals surface area contributed by atoms with E-state index >= 15 is 0 Å². The fraction of sp³-hybridized carbons (Fsp3) is 0.600. The molecule has 5 heteroatoms. The highest BCUT2D eigenvalue weighted by molar-refractivity contribution is 5.93. The summed E-state index contributed by atoms with van der Waals surface area (Å²) in [5, 5.41) is 12.9. The van der Waals surface area contributed by atoms with Crippen LogP contribution in [0.2, 0.25) is 0 Å². The molecule has 3 N–H and O–H groups in total. The van der Waals surface area contributed by atoms with Crippen LogP contribution in [0.15, 0.2) is 0 Å². The average molecular weight is 208 g/mol. The van der Waals surface area contributed by atoms with Crippen LogP contribution >= 0.6 is 0 Å². The van der Waals surface area contributed by atoms with Crippen LogP contribution < -0.4 is 10.6 Å². The number of rotatable bonds is 3. The molecule has 0 aliphatic carbocycles. The molecular weight excluding hydrogens is 192 g/mol. The van der Waals surface area contributed by atoms with E-state index in [2.05, 4.69) is 20.8 Å². The van der Waals surface area contributed by atoms with E-state index in [4.69, 9.17) is 0 Å². The summed E-state index contributed by atoms with van der Waals surface area (Å²) in [6.07, 6.45) is 0. The number of nitrogens with zero attached hydrogens (tertiary/aromatic N) is 1. The Labute approximate surface area is 88.6 Å². The first kappa shape index (κ1) is 10.2. The Morgan fingerprint density at radius 1 is 1.53 bits per heavy atom. The second-order valence-electron chi connectivity index (χ2n) is 4.06. The first-order valence-corrected chi connectivity index (χ1v) is 5.19. The van der Waals surface area contributed by atoms with Crippen molar-refractivity contribution in [1.29, 1.82) is 0 Å². The monoisotopic (exact) mass is 208 g/mol. The Balaban J connectivity index is 1.92. The van der Waals surface area contributed by atoms with Crippen molar-refractivity contribution < 1.29 is 4.79 Å². The van der Waals surface area contributed by atoms with Crippen molar-refractivity contribution in [3.8, 4) is 0 Å². The molecular formula is C10H16N4O. The summed E-state index contributed by atoms with van der Waals surface area (Å²) in [7, 11) is 0. The van der Waals surface area contributed by atoms with Gasteiger partial charge >= 0.3 is 0 Å². The number of aromatic nitrogens is 2. The minimum absolute atomic E-state index is 0.0799. The Hall–Kier alpha value is -1.36. The van der Waals surface area contributed by atoms with E-state index in [1.165, 1.54) is 0 Å². The number of carbonyl (C=O) groups is 1. The predicted molar refractivity (Wildman–Crippen MR) is 56.8 cm³/mol. The number of carbonyl (C=O) groups excluding carboxylic acids is 1. The van der Waals surface area contributed by atoms with Crippen molar-refractivity contribution in [1.82, 2.24) is 20.8 Å². The zero-order valence-corrected chi connectivity index (χ0v) is 9.05. The molecule has 0 spiro atoms. The van der Waals surface area contributed by atoms with E-state index in [0.29, 0.717) is 11.6 Å². The van der Waals surface area contributed by atoms with Crippen molar-refractivity contribution in [3.63, 3.8) is 0 Å². The molecule has 1 aromatic rings. The normalized spacial score (nSPS) is 16.1. The molecule has 0 unspecified atom stereocenters. The molecule has 0 radical (unpaired) electrons. The van der Waals surface area contributed by atoms with Gasteiger partial charge in [-0.1, -0.05) is 0 Å². The van der Waals surface area contributed by atoms with Gasteiger partial charge in [0.15, 0.2) is 5.69 Å². The zero-order chi connectivity index (χ0) is 10.8. The molecule has 2 heterocycles. The summed E-state index contributed by atoms with van der Waals surface area (Å²) < 4.78 is 0. The number of aromatic amines is 1. The van der Waals surface area contributed by atoms with Gasteiger partial charge in [0.2, 0.25) is 0 Å². The van der Waals surface area contributed by atoms with E-state index in [0.717, 1.165) is 30.9 Å². The van der Waals surface area contributed by atoms with Gasteiger partial charge in [0.25, 0.3) is 5.91 Å². The minimum Gasteiger partial charge on any atom is -0.350 e. The van der Waals surface area contributed by atoms with Crippen LogP contribution in [0.25, 0.3) is 0 Å². The molecule has 1 fully saturated rings. The summed E-state index contributed by atoms with van der Waals surface area (Å²) in [5.74, 6) is 0.498. The molecule has 1 aromatic heterocycles. The summed E-state index contributed by atoms with van der Waals surface area (Å²) in [5.41, 5.74) is 2.39. The molecule has 1 aliphatic rings. The zero-order valence-electron chi connectivity index (χ0n) is 9.05. The number of amides is 1. The van der Waals surface area contributed by atoms with Crippen molar-refractivity contribution in [2.75, 3.05) is 19.6 Å². The molecule has 1 aliphatic heterocycles. The SMILES string of the molecule is Cc1[nH]nc(C(=O)NCC2CNC2)c1C. The van der Waals surface area contributed by atoms with Gasteiger partial charge in [-0.05, 0) is 13.8 Å². The van der Waals surface area contributed by atoms with Crippen molar-refractivity contribution in [2.24, 2.45) is 5.92 Å². The standard InChI is InChI=1S/C10H16N4O/c1-6-7(2)13-14-9(6)10(15)12-5-8-3-11-4-8/h8,11H,3-5H2,1-2H3,(H,12,15)(H,13,14). The lowest BCUT2D eigenvalue weighted by atomic mass is 10.0. The third kappa shape index (κ3) is 2.02. The summed E-state index contributed by atoms with van der Waals surface area (Å²) in [6, 6.07) is 0.